The van der Waals surface area contributed by atoms with E-state index in [1.54, 1.807) is 0 Å². The van der Waals surface area contributed by atoms with E-state index in [9.17, 15) is 9.59 Å². The first-order chi connectivity index (χ1) is 13.2. The van der Waals surface area contributed by atoms with Crippen molar-refractivity contribution in [2.45, 2.75) is 60.1 Å². The van der Waals surface area contributed by atoms with Gasteiger partial charge < -0.3 is 13.9 Å². The van der Waals surface area contributed by atoms with Gasteiger partial charge >= 0.3 is 11.6 Å². The van der Waals surface area contributed by atoms with E-state index < -0.39 is 0 Å². The van der Waals surface area contributed by atoms with E-state index in [0.29, 0.717) is 31.2 Å². The van der Waals surface area contributed by atoms with Crippen LogP contribution in [0.4, 0.5) is 0 Å². The van der Waals surface area contributed by atoms with E-state index in [0.717, 1.165) is 34.4 Å². The first-order valence-corrected chi connectivity index (χ1v) is 9.88. The molecule has 2 heterocycles. The second kappa shape index (κ2) is 8.35. The van der Waals surface area contributed by atoms with Crippen LogP contribution in [0.2, 0.25) is 0 Å². The number of aryl methyl sites for hydroxylation is 2. The highest BCUT2D eigenvalue weighted by Crippen LogP contribution is 2.37. The average molecular weight is 387 g/mol. The third kappa shape index (κ3) is 4.55. The van der Waals surface area contributed by atoms with Crippen LogP contribution < -0.4 is 10.4 Å². The summed E-state index contributed by atoms with van der Waals surface area (Å²) >= 11 is 0. The molecule has 0 N–H and O–H groups in total. The summed E-state index contributed by atoms with van der Waals surface area (Å²) < 4.78 is 16.9. The maximum atomic E-state index is 12.0. The largest absolute Gasteiger partial charge is 0.477 e. The molecule has 1 aromatic heterocycles. The molecule has 0 fully saturated rings. The fourth-order valence-corrected chi connectivity index (χ4v) is 3.69. The lowest BCUT2D eigenvalue weighted by molar-refractivity contribution is -0.147. The van der Waals surface area contributed by atoms with E-state index in [2.05, 4.69) is 18.7 Å². The molecule has 6 nitrogen and oxygen atoms in total. The number of rotatable bonds is 6. The number of nitrogens with zero attached hydrogens (tertiary/aromatic N) is 1. The Morgan fingerprint density at radius 3 is 2.68 bits per heavy atom. The molecule has 1 aromatic carbocycles. The Morgan fingerprint density at radius 1 is 1.25 bits per heavy atom. The molecule has 0 saturated heterocycles. The smallest absolute Gasteiger partial charge is 0.336 e. The van der Waals surface area contributed by atoms with Crippen LogP contribution in [0.15, 0.2) is 21.3 Å². The molecule has 2 aromatic rings. The summed E-state index contributed by atoms with van der Waals surface area (Å²) in [6.45, 7) is 11.9. The molecule has 0 unspecified atom stereocenters. The first kappa shape index (κ1) is 20.4. The van der Waals surface area contributed by atoms with Gasteiger partial charge in [-0.25, -0.2) is 4.79 Å². The monoisotopic (exact) mass is 387 g/mol. The van der Waals surface area contributed by atoms with Gasteiger partial charge in [-0.1, -0.05) is 13.8 Å². The SMILES string of the molecule is Cc1cc(=O)oc2c3c(c(CCC(=O)OC(C)C)cc12)OCN(CC(C)C)C3. The minimum Gasteiger partial charge on any atom is -0.477 e. The van der Waals surface area contributed by atoms with Crippen molar-refractivity contribution >= 4 is 16.9 Å². The summed E-state index contributed by atoms with van der Waals surface area (Å²) in [6.07, 6.45) is 0.674. The summed E-state index contributed by atoms with van der Waals surface area (Å²) in [5.41, 5.74) is 2.92. The van der Waals surface area contributed by atoms with Crippen molar-refractivity contribution in [3.63, 3.8) is 0 Å². The lowest BCUT2D eigenvalue weighted by Gasteiger charge is -2.31. The van der Waals surface area contributed by atoms with Crippen molar-refractivity contribution in [2.24, 2.45) is 5.92 Å². The van der Waals surface area contributed by atoms with E-state index in [4.69, 9.17) is 13.9 Å². The molecule has 28 heavy (non-hydrogen) atoms. The average Bonchev–Trinajstić information content (AvgIpc) is 2.59. The molecule has 1 aliphatic rings. The van der Waals surface area contributed by atoms with Crippen LogP contribution in [-0.2, 0) is 22.5 Å². The van der Waals surface area contributed by atoms with Gasteiger partial charge in [0.1, 0.15) is 18.1 Å². The minimum absolute atomic E-state index is 0.129. The summed E-state index contributed by atoms with van der Waals surface area (Å²) in [4.78, 5) is 26.2. The molecule has 152 valence electrons. The van der Waals surface area contributed by atoms with Crippen LogP contribution in [0.3, 0.4) is 0 Å². The van der Waals surface area contributed by atoms with E-state index in [1.807, 2.05) is 26.8 Å². The predicted octanol–water partition coefficient (Wildman–Crippen LogP) is 3.79. The van der Waals surface area contributed by atoms with Gasteiger partial charge in [-0.3, -0.25) is 9.69 Å². The van der Waals surface area contributed by atoms with Crippen LogP contribution in [-0.4, -0.2) is 30.2 Å². The molecule has 3 rings (SSSR count). The Hall–Kier alpha value is -2.34. The van der Waals surface area contributed by atoms with Crippen molar-refractivity contribution < 1.29 is 18.7 Å². The molecule has 6 heteroatoms. The topological polar surface area (TPSA) is 69.0 Å². The number of carbonyl (C=O) groups is 1. The Balaban J connectivity index is 2.01. The van der Waals surface area contributed by atoms with Crippen molar-refractivity contribution in [1.29, 1.82) is 0 Å². The normalized spacial score (nSPS) is 14.4. The van der Waals surface area contributed by atoms with Gasteiger partial charge in [0.15, 0.2) is 0 Å². The molecule has 0 amide bonds. The van der Waals surface area contributed by atoms with Crippen LogP contribution in [0.25, 0.3) is 11.0 Å². The van der Waals surface area contributed by atoms with Gasteiger partial charge in [-0.15, -0.1) is 0 Å². The highest BCUT2D eigenvalue weighted by Gasteiger charge is 2.26. The molecule has 0 radical (unpaired) electrons. The van der Waals surface area contributed by atoms with Gasteiger partial charge in [-0.2, -0.15) is 0 Å². The van der Waals surface area contributed by atoms with Gasteiger partial charge in [0.2, 0.25) is 0 Å². The highest BCUT2D eigenvalue weighted by molar-refractivity contribution is 5.86. The van der Waals surface area contributed by atoms with Gasteiger partial charge in [0.25, 0.3) is 0 Å². The zero-order chi connectivity index (χ0) is 20.4. The van der Waals surface area contributed by atoms with Crippen LogP contribution in [0.1, 0.15) is 50.8 Å². The third-order valence-electron chi connectivity index (χ3n) is 4.73. The Bertz CT molecular complexity index is 929. The highest BCUT2D eigenvalue weighted by atomic mass is 16.5. The number of ether oxygens (including phenoxy) is 2. The number of fused-ring (bicyclic) bond motifs is 3. The van der Waals surface area contributed by atoms with Gasteiger partial charge in [0, 0.05) is 31.0 Å². The van der Waals surface area contributed by atoms with Gasteiger partial charge in [-0.05, 0) is 50.3 Å². The fourth-order valence-electron chi connectivity index (χ4n) is 3.69. The molecule has 1 aliphatic heterocycles. The zero-order valence-corrected chi connectivity index (χ0v) is 17.3. The van der Waals surface area contributed by atoms with E-state index >= 15 is 0 Å². The second-order valence-corrected chi connectivity index (χ2v) is 8.19. The summed E-state index contributed by atoms with van der Waals surface area (Å²) in [6, 6.07) is 3.48. The molecular formula is C22H29NO5. The molecular weight excluding hydrogens is 358 g/mol. The molecule has 0 spiro atoms. The number of benzene rings is 1. The predicted molar refractivity (Wildman–Crippen MR) is 108 cm³/mol. The maximum Gasteiger partial charge on any atom is 0.336 e. The van der Waals surface area contributed by atoms with Crippen LogP contribution >= 0.6 is 0 Å². The fraction of sp³-hybridized carbons (Fsp3) is 0.545. The zero-order valence-electron chi connectivity index (χ0n) is 17.3. The molecule has 0 aliphatic carbocycles. The Labute approximate surface area is 165 Å². The minimum atomic E-state index is -0.360. The Kier molecular flexibility index (Phi) is 6.08. The maximum absolute atomic E-state index is 12.0. The second-order valence-electron chi connectivity index (χ2n) is 8.19. The number of hydrogen-bond donors (Lipinski definition) is 0. The molecule has 0 atom stereocenters. The van der Waals surface area contributed by atoms with Crippen molar-refractivity contribution in [1.82, 2.24) is 4.90 Å². The lowest BCUT2D eigenvalue weighted by Crippen LogP contribution is -2.35. The summed E-state index contributed by atoms with van der Waals surface area (Å²) in [5.74, 6) is 1.01. The quantitative estimate of drug-likeness (QED) is 0.555. The standard InChI is InChI=1S/C22H29NO5/c1-13(2)10-23-11-18-21(26-12-23)16(6-7-19(24)27-14(3)4)9-17-15(5)8-20(25)28-22(17)18/h8-9,13-14H,6-7,10-12H2,1-5H3. The van der Waals surface area contributed by atoms with Crippen LogP contribution in [0.5, 0.6) is 5.75 Å². The number of esters is 1. The van der Waals surface area contributed by atoms with Crippen molar-refractivity contribution in [2.75, 3.05) is 13.3 Å². The number of carbonyl (C=O) groups excluding carboxylic acids is 1. The lowest BCUT2D eigenvalue weighted by atomic mass is 9.97. The first-order valence-electron chi connectivity index (χ1n) is 9.88. The molecule has 0 bridgehead atoms. The van der Waals surface area contributed by atoms with E-state index in [1.165, 1.54) is 6.07 Å². The van der Waals surface area contributed by atoms with Crippen LogP contribution in [0, 0.1) is 12.8 Å². The van der Waals surface area contributed by atoms with Crippen molar-refractivity contribution in [3.8, 4) is 5.75 Å². The van der Waals surface area contributed by atoms with Crippen molar-refractivity contribution in [3.05, 3.63) is 39.2 Å². The summed E-state index contributed by atoms with van der Waals surface area (Å²) in [7, 11) is 0. The number of hydrogen-bond acceptors (Lipinski definition) is 6. The van der Waals surface area contributed by atoms with E-state index in [-0.39, 0.29) is 24.1 Å². The Morgan fingerprint density at radius 2 is 2.00 bits per heavy atom. The molecule has 0 saturated carbocycles. The summed E-state index contributed by atoms with van der Waals surface area (Å²) in [5, 5.41) is 0.889. The van der Waals surface area contributed by atoms with Gasteiger partial charge in [0.05, 0.1) is 11.7 Å². The third-order valence-corrected chi connectivity index (χ3v) is 4.73.